The van der Waals surface area contributed by atoms with E-state index < -0.39 is 36.6 Å². The largest absolute Gasteiger partial charge is 0.498 e. The van der Waals surface area contributed by atoms with Gasteiger partial charge in [-0.25, -0.2) is 0 Å². The predicted molar refractivity (Wildman–Crippen MR) is 129 cm³/mol. The maximum atomic E-state index is 6.36. The van der Waals surface area contributed by atoms with E-state index in [1.165, 1.54) is 0 Å². The molecule has 2 fully saturated rings. The van der Waals surface area contributed by atoms with E-state index in [-0.39, 0.29) is 0 Å². The first kappa shape index (κ1) is 23.4. The van der Waals surface area contributed by atoms with E-state index in [1.807, 2.05) is 48.5 Å². The average molecular weight is 436 g/mol. The van der Waals surface area contributed by atoms with Gasteiger partial charge in [-0.3, -0.25) is 0 Å². The van der Waals surface area contributed by atoms with Crippen molar-refractivity contribution in [2.45, 2.75) is 84.4 Å². The highest BCUT2D eigenvalue weighted by Gasteiger charge is 2.54. The standard InChI is InChI=1S/C25H34B2O5/c1-22(2)23(3,4)30-26(29-22)19-14-15-21(28-17-18-12-10-9-11-13-18)20(16-19)27-31-24(5,6)25(7,8)32-27/h9-16H,17H2,1-8H3. The maximum absolute atomic E-state index is 6.36. The zero-order valence-electron chi connectivity index (χ0n) is 20.5. The van der Waals surface area contributed by atoms with E-state index in [1.54, 1.807) is 0 Å². The Hall–Kier alpha value is -1.79. The van der Waals surface area contributed by atoms with Crippen LogP contribution < -0.4 is 15.7 Å². The summed E-state index contributed by atoms with van der Waals surface area (Å²) in [4.78, 5) is 0. The Balaban J connectivity index is 1.66. The smallest absolute Gasteiger partial charge is 0.489 e. The van der Waals surface area contributed by atoms with Gasteiger partial charge >= 0.3 is 14.2 Å². The van der Waals surface area contributed by atoms with Crippen LogP contribution in [0.1, 0.15) is 61.0 Å². The monoisotopic (exact) mass is 436 g/mol. The number of rotatable bonds is 5. The second-order valence-electron chi connectivity index (χ2n) is 10.7. The molecule has 32 heavy (non-hydrogen) atoms. The van der Waals surface area contributed by atoms with Crippen LogP contribution in [-0.2, 0) is 25.2 Å². The molecule has 0 radical (unpaired) electrons. The normalized spacial score (nSPS) is 22.9. The van der Waals surface area contributed by atoms with E-state index in [2.05, 4.69) is 55.4 Å². The summed E-state index contributed by atoms with van der Waals surface area (Å²) in [5.41, 5.74) is 1.13. The third-order valence-electron chi connectivity index (χ3n) is 7.30. The lowest BCUT2D eigenvalue weighted by Gasteiger charge is -2.32. The SMILES string of the molecule is CC1(C)OB(c2ccc(OCc3ccccc3)c(B3OC(C)(C)C(C)(C)O3)c2)OC1(C)C. The van der Waals surface area contributed by atoms with Crippen molar-refractivity contribution in [1.82, 2.24) is 0 Å². The Labute approximate surface area is 193 Å². The van der Waals surface area contributed by atoms with Crippen molar-refractivity contribution in [3.63, 3.8) is 0 Å². The van der Waals surface area contributed by atoms with Crippen LogP contribution in [0.15, 0.2) is 48.5 Å². The first-order valence-corrected chi connectivity index (χ1v) is 11.3. The lowest BCUT2D eigenvalue weighted by atomic mass is 9.71. The van der Waals surface area contributed by atoms with Gasteiger partial charge in [0.05, 0.1) is 22.4 Å². The van der Waals surface area contributed by atoms with E-state index in [4.69, 9.17) is 23.4 Å². The molecule has 2 aromatic carbocycles. The predicted octanol–water partition coefficient (Wildman–Crippen LogP) is 3.86. The molecule has 0 N–H and O–H groups in total. The Morgan fingerprint density at radius 1 is 0.656 bits per heavy atom. The van der Waals surface area contributed by atoms with E-state index in [0.29, 0.717) is 6.61 Å². The molecule has 0 aliphatic carbocycles. The lowest BCUT2D eigenvalue weighted by molar-refractivity contribution is 0.00578. The number of benzene rings is 2. The van der Waals surface area contributed by atoms with Crippen LogP contribution in [0.3, 0.4) is 0 Å². The van der Waals surface area contributed by atoms with Crippen LogP contribution in [0.25, 0.3) is 0 Å². The molecule has 2 heterocycles. The second kappa shape index (κ2) is 7.91. The first-order valence-electron chi connectivity index (χ1n) is 11.3. The van der Waals surface area contributed by atoms with E-state index >= 15 is 0 Å². The molecule has 170 valence electrons. The van der Waals surface area contributed by atoms with Crippen molar-refractivity contribution in [2.75, 3.05) is 0 Å². The molecule has 2 aromatic rings. The van der Waals surface area contributed by atoms with Crippen molar-refractivity contribution in [2.24, 2.45) is 0 Å². The zero-order chi connectivity index (χ0) is 23.4. The highest BCUT2D eigenvalue weighted by atomic mass is 16.7. The lowest BCUT2D eigenvalue weighted by Crippen LogP contribution is -2.41. The van der Waals surface area contributed by atoms with Gasteiger partial charge in [0.2, 0.25) is 0 Å². The molecule has 0 aromatic heterocycles. The Morgan fingerprint density at radius 3 is 1.69 bits per heavy atom. The molecule has 0 spiro atoms. The summed E-state index contributed by atoms with van der Waals surface area (Å²) in [6, 6.07) is 16.1. The topological polar surface area (TPSA) is 46.2 Å². The Bertz CT molecular complexity index is 940. The molecule has 0 saturated carbocycles. The molecule has 0 amide bonds. The van der Waals surface area contributed by atoms with Gasteiger partial charge in [-0.2, -0.15) is 0 Å². The summed E-state index contributed by atoms with van der Waals surface area (Å²) >= 11 is 0. The van der Waals surface area contributed by atoms with E-state index in [9.17, 15) is 0 Å². The van der Waals surface area contributed by atoms with Crippen molar-refractivity contribution in [3.8, 4) is 5.75 Å². The molecular weight excluding hydrogens is 402 g/mol. The second-order valence-corrected chi connectivity index (χ2v) is 10.7. The molecule has 2 aliphatic rings. The molecule has 0 bridgehead atoms. The van der Waals surface area contributed by atoms with Crippen molar-refractivity contribution < 1.29 is 23.4 Å². The molecule has 0 unspecified atom stereocenters. The summed E-state index contributed by atoms with van der Waals surface area (Å²) in [5, 5.41) is 0. The molecule has 0 atom stereocenters. The van der Waals surface area contributed by atoms with Gasteiger partial charge in [-0.05, 0) is 72.5 Å². The molecule has 2 aliphatic heterocycles. The quantitative estimate of drug-likeness (QED) is 0.667. The highest BCUT2D eigenvalue weighted by molar-refractivity contribution is 6.66. The molecular formula is C25H34B2O5. The summed E-state index contributed by atoms with van der Waals surface area (Å²) in [5.74, 6) is 0.729. The van der Waals surface area contributed by atoms with Crippen molar-refractivity contribution in [1.29, 1.82) is 0 Å². The van der Waals surface area contributed by atoms with Crippen molar-refractivity contribution in [3.05, 3.63) is 54.1 Å². The summed E-state index contributed by atoms with van der Waals surface area (Å²) < 4.78 is 31.5. The summed E-state index contributed by atoms with van der Waals surface area (Å²) in [7, 11) is -1.02. The van der Waals surface area contributed by atoms with Crippen LogP contribution in [0.2, 0.25) is 0 Å². The Kier molecular flexibility index (Phi) is 5.78. The third-order valence-corrected chi connectivity index (χ3v) is 7.30. The van der Waals surface area contributed by atoms with Crippen LogP contribution in [0.5, 0.6) is 5.75 Å². The fourth-order valence-electron chi connectivity index (χ4n) is 3.71. The average Bonchev–Trinajstić information content (AvgIpc) is 3.06. The maximum Gasteiger partial charge on any atom is 0.498 e. The zero-order valence-corrected chi connectivity index (χ0v) is 20.5. The fourth-order valence-corrected chi connectivity index (χ4v) is 3.71. The van der Waals surface area contributed by atoms with Gasteiger partial charge < -0.3 is 23.4 Å². The molecule has 7 heteroatoms. The van der Waals surface area contributed by atoms with Gasteiger partial charge in [0, 0.05) is 5.46 Å². The minimum absolute atomic E-state index is 0.412. The number of hydrogen-bond acceptors (Lipinski definition) is 5. The van der Waals surface area contributed by atoms with Gasteiger partial charge in [0.1, 0.15) is 12.4 Å². The third kappa shape index (κ3) is 4.24. The van der Waals surface area contributed by atoms with E-state index in [0.717, 1.165) is 22.2 Å². The van der Waals surface area contributed by atoms with Crippen LogP contribution in [0.4, 0.5) is 0 Å². The molecule has 5 nitrogen and oxygen atoms in total. The Morgan fingerprint density at radius 2 is 1.16 bits per heavy atom. The van der Waals surface area contributed by atoms with Crippen LogP contribution >= 0.6 is 0 Å². The first-order chi connectivity index (χ1) is 14.8. The van der Waals surface area contributed by atoms with Gasteiger partial charge in [-0.1, -0.05) is 42.5 Å². The summed E-state index contributed by atoms with van der Waals surface area (Å²) in [6.07, 6.45) is 0. The van der Waals surface area contributed by atoms with Gasteiger partial charge in [0.15, 0.2) is 0 Å². The summed E-state index contributed by atoms with van der Waals surface area (Å²) in [6.45, 7) is 16.9. The minimum Gasteiger partial charge on any atom is -0.489 e. The minimum atomic E-state index is -0.548. The van der Waals surface area contributed by atoms with Gasteiger partial charge in [-0.15, -0.1) is 0 Å². The van der Waals surface area contributed by atoms with Crippen molar-refractivity contribution >= 4 is 25.2 Å². The van der Waals surface area contributed by atoms with Crippen LogP contribution in [0, 0.1) is 0 Å². The highest BCUT2D eigenvalue weighted by Crippen LogP contribution is 2.38. The van der Waals surface area contributed by atoms with Crippen LogP contribution in [-0.4, -0.2) is 36.6 Å². The fraction of sp³-hybridized carbons (Fsp3) is 0.520. The number of hydrogen-bond donors (Lipinski definition) is 0. The molecule has 2 saturated heterocycles. The van der Waals surface area contributed by atoms with Gasteiger partial charge in [0.25, 0.3) is 0 Å². The number of ether oxygens (including phenoxy) is 1. The molecule has 4 rings (SSSR count).